The maximum Gasteiger partial charge on any atom is 0.415 e. The van der Waals surface area contributed by atoms with Crippen molar-refractivity contribution >= 4 is 40.3 Å². The number of benzene rings is 2. The molecule has 1 unspecified atom stereocenters. The van der Waals surface area contributed by atoms with Crippen molar-refractivity contribution in [3.05, 3.63) is 47.8 Å². The molecule has 1 N–H and O–H groups in total. The Bertz CT molecular complexity index is 1460. The highest BCUT2D eigenvalue weighted by molar-refractivity contribution is 6.00. The summed E-state index contributed by atoms with van der Waals surface area (Å²) >= 11 is 0. The van der Waals surface area contributed by atoms with Crippen LogP contribution in [0, 0.1) is 6.92 Å². The van der Waals surface area contributed by atoms with Gasteiger partial charge in [-0.3, -0.25) is 9.80 Å². The van der Waals surface area contributed by atoms with Gasteiger partial charge in [0.2, 0.25) is 0 Å². The van der Waals surface area contributed by atoms with E-state index >= 15 is 0 Å². The molecule has 10 nitrogen and oxygen atoms in total. The summed E-state index contributed by atoms with van der Waals surface area (Å²) in [6.45, 7) is 12.2. The van der Waals surface area contributed by atoms with Gasteiger partial charge in [-0.05, 0) is 64.3 Å². The fourth-order valence-corrected chi connectivity index (χ4v) is 5.40. The number of hydrogen-bond donors (Lipinski definition) is 1. The molecule has 2 aliphatic heterocycles. The van der Waals surface area contributed by atoms with Crippen LogP contribution in [-0.2, 0) is 15.9 Å². The van der Waals surface area contributed by atoms with Gasteiger partial charge in [0.1, 0.15) is 23.5 Å². The van der Waals surface area contributed by atoms with E-state index in [9.17, 15) is 9.59 Å². The molecular formula is C30H37N5O5. The fourth-order valence-electron chi connectivity index (χ4n) is 5.40. The van der Waals surface area contributed by atoms with Crippen LogP contribution >= 0.6 is 0 Å². The summed E-state index contributed by atoms with van der Waals surface area (Å²) in [5, 5.41) is 4.22. The molecule has 2 amide bonds. The van der Waals surface area contributed by atoms with Gasteiger partial charge in [0, 0.05) is 17.1 Å². The minimum Gasteiger partial charge on any atom is -0.494 e. The van der Waals surface area contributed by atoms with E-state index in [-0.39, 0.29) is 19.1 Å². The van der Waals surface area contributed by atoms with Crippen LogP contribution in [0.5, 0.6) is 5.75 Å². The quantitative estimate of drug-likeness (QED) is 0.402. The van der Waals surface area contributed by atoms with E-state index in [0.29, 0.717) is 22.8 Å². The Morgan fingerprint density at radius 2 is 1.98 bits per heavy atom. The molecule has 1 aromatic heterocycles. The first-order chi connectivity index (χ1) is 19.0. The van der Waals surface area contributed by atoms with Crippen LogP contribution in [-0.4, -0.2) is 64.5 Å². The molecule has 1 atom stereocenters. The standard InChI is InChI=1S/C30H37N5O5/c1-8-10-20-11-9-12-22(18(20)2)33-26-21-13-24(25(38-7)14-23(21)31-17-32-26)35-19(3)30(40-28(35)37)15-34(16-30)27(36)39-29(4,5)6/h9,11-14,17,19H,8,10,15-16H2,1-7H3,(H,31,32,33). The molecule has 5 rings (SSSR count). The van der Waals surface area contributed by atoms with E-state index in [4.69, 9.17) is 14.2 Å². The monoisotopic (exact) mass is 547 g/mol. The Labute approximate surface area is 234 Å². The van der Waals surface area contributed by atoms with Gasteiger partial charge in [-0.25, -0.2) is 19.6 Å². The van der Waals surface area contributed by atoms with Crippen molar-refractivity contribution in [2.24, 2.45) is 0 Å². The second-order valence-electron chi connectivity index (χ2n) is 11.5. The number of aryl methyl sites for hydroxylation is 1. The summed E-state index contributed by atoms with van der Waals surface area (Å²) in [6, 6.07) is 9.52. The minimum absolute atomic E-state index is 0.254. The topological polar surface area (TPSA) is 106 Å². The van der Waals surface area contributed by atoms with Crippen LogP contribution in [0.15, 0.2) is 36.7 Å². The lowest BCUT2D eigenvalue weighted by atomic mass is 9.87. The van der Waals surface area contributed by atoms with Crippen LogP contribution in [0.4, 0.5) is 26.8 Å². The van der Waals surface area contributed by atoms with Crippen LogP contribution in [0.2, 0.25) is 0 Å². The second-order valence-corrected chi connectivity index (χ2v) is 11.5. The lowest BCUT2D eigenvalue weighted by Crippen LogP contribution is -2.68. The van der Waals surface area contributed by atoms with Gasteiger partial charge >= 0.3 is 12.2 Å². The average Bonchev–Trinajstić information content (AvgIpc) is 3.14. The molecule has 2 aliphatic rings. The minimum atomic E-state index is -0.834. The Hall–Kier alpha value is -4.08. The van der Waals surface area contributed by atoms with Crippen molar-refractivity contribution in [2.75, 3.05) is 30.4 Å². The summed E-state index contributed by atoms with van der Waals surface area (Å²) in [5.41, 5.74) is 3.21. The van der Waals surface area contributed by atoms with Crippen molar-refractivity contribution in [2.45, 2.75) is 71.6 Å². The predicted octanol–water partition coefficient (Wildman–Crippen LogP) is 5.98. The number of carbonyl (C=O) groups excluding carboxylic acids is 2. The zero-order chi connectivity index (χ0) is 28.8. The maximum atomic E-state index is 13.3. The zero-order valence-electron chi connectivity index (χ0n) is 24.2. The van der Waals surface area contributed by atoms with Crippen molar-refractivity contribution in [1.82, 2.24) is 14.9 Å². The van der Waals surface area contributed by atoms with Gasteiger partial charge in [0.05, 0.1) is 37.4 Å². The third-order valence-corrected chi connectivity index (χ3v) is 7.62. The van der Waals surface area contributed by atoms with Crippen molar-refractivity contribution < 1.29 is 23.8 Å². The molecule has 0 radical (unpaired) electrons. The number of anilines is 3. The van der Waals surface area contributed by atoms with Crippen molar-refractivity contribution in [3.8, 4) is 5.75 Å². The molecule has 40 heavy (non-hydrogen) atoms. The number of nitrogens with one attached hydrogen (secondary N) is 1. The van der Waals surface area contributed by atoms with Gasteiger partial charge in [0.15, 0.2) is 5.60 Å². The number of fused-ring (bicyclic) bond motifs is 1. The third kappa shape index (κ3) is 4.87. The largest absolute Gasteiger partial charge is 0.494 e. The third-order valence-electron chi connectivity index (χ3n) is 7.62. The average molecular weight is 548 g/mol. The highest BCUT2D eigenvalue weighted by Crippen LogP contribution is 2.45. The van der Waals surface area contributed by atoms with E-state index in [1.165, 1.54) is 17.5 Å². The highest BCUT2D eigenvalue weighted by atomic mass is 16.6. The summed E-state index contributed by atoms with van der Waals surface area (Å²) in [4.78, 5) is 38.0. The van der Waals surface area contributed by atoms with Crippen LogP contribution < -0.4 is 15.0 Å². The summed E-state index contributed by atoms with van der Waals surface area (Å²) in [5.74, 6) is 1.11. The Morgan fingerprint density at radius 1 is 1.23 bits per heavy atom. The van der Waals surface area contributed by atoms with E-state index in [1.807, 2.05) is 45.9 Å². The van der Waals surface area contributed by atoms with Gasteiger partial charge in [-0.15, -0.1) is 0 Å². The first-order valence-corrected chi connectivity index (χ1v) is 13.6. The van der Waals surface area contributed by atoms with Crippen LogP contribution in [0.25, 0.3) is 10.9 Å². The highest BCUT2D eigenvalue weighted by Gasteiger charge is 2.61. The lowest BCUT2D eigenvalue weighted by molar-refractivity contribution is -0.0899. The molecule has 1 spiro atoms. The predicted molar refractivity (Wildman–Crippen MR) is 154 cm³/mol. The molecule has 0 bridgehead atoms. The van der Waals surface area contributed by atoms with E-state index in [1.54, 1.807) is 23.0 Å². The van der Waals surface area contributed by atoms with E-state index in [0.717, 1.165) is 23.9 Å². The number of carbonyl (C=O) groups is 2. The van der Waals surface area contributed by atoms with Gasteiger partial charge in [-0.2, -0.15) is 0 Å². The number of amides is 2. The number of rotatable bonds is 6. The Balaban J connectivity index is 1.47. The maximum absolute atomic E-state index is 13.3. The number of ether oxygens (including phenoxy) is 3. The molecular weight excluding hydrogens is 510 g/mol. The first kappa shape index (κ1) is 27.5. The van der Waals surface area contributed by atoms with Crippen LogP contribution in [0.3, 0.4) is 0 Å². The second kappa shape index (κ2) is 10.1. The molecule has 2 saturated heterocycles. The molecule has 0 aliphatic carbocycles. The first-order valence-electron chi connectivity index (χ1n) is 13.6. The lowest BCUT2D eigenvalue weighted by Gasteiger charge is -2.48. The number of nitrogens with zero attached hydrogens (tertiary/aromatic N) is 4. The zero-order valence-corrected chi connectivity index (χ0v) is 24.2. The van der Waals surface area contributed by atoms with Crippen LogP contribution in [0.1, 0.15) is 52.2 Å². The number of methoxy groups -OCH3 is 1. The normalized spacial score (nSPS) is 18.1. The smallest absolute Gasteiger partial charge is 0.415 e. The van der Waals surface area contributed by atoms with Crippen molar-refractivity contribution in [1.29, 1.82) is 0 Å². The molecule has 0 saturated carbocycles. The van der Waals surface area contributed by atoms with Gasteiger partial charge < -0.3 is 19.5 Å². The van der Waals surface area contributed by atoms with E-state index in [2.05, 4.69) is 35.2 Å². The molecule has 2 aromatic carbocycles. The molecule has 212 valence electrons. The molecule has 10 heteroatoms. The molecule has 3 heterocycles. The number of likely N-dealkylation sites (tertiary alicyclic amines) is 1. The van der Waals surface area contributed by atoms with Gasteiger partial charge in [-0.1, -0.05) is 25.5 Å². The Kier molecular flexibility index (Phi) is 6.97. The van der Waals surface area contributed by atoms with Gasteiger partial charge in [0.25, 0.3) is 0 Å². The van der Waals surface area contributed by atoms with E-state index < -0.39 is 23.4 Å². The fraction of sp³-hybridized carbons (Fsp3) is 0.467. The Morgan fingerprint density at radius 3 is 2.65 bits per heavy atom. The molecule has 3 aromatic rings. The number of hydrogen-bond acceptors (Lipinski definition) is 8. The number of aromatic nitrogens is 2. The summed E-state index contributed by atoms with van der Waals surface area (Å²) < 4.78 is 17.1. The molecule has 2 fully saturated rings. The van der Waals surface area contributed by atoms with Crippen molar-refractivity contribution in [3.63, 3.8) is 0 Å². The SMILES string of the molecule is CCCc1cccc(Nc2ncnc3cc(OC)c(N4C(=O)OC5(CN(C(=O)OC(C)(C)C)C5)C4C)cc23)c1C. The summed E-state index contributed by atoms with van der Waals surface area (Å²) in [6.07, 6.45) is 2.65. The summed E-state index contributed by atoms with van der Waals surface area (Å²) in [7, 11) is 1.56.